The van der Waals surface area contributed by atoms with Gasteiger partial charge in [-0.05, 0) is 48.9 Å². The van der Waals surface area contributed by atoms with Crippen molar-refractivity contribution in [3.8, 4) is 11.4 Å². The molecule has 1 amide bonds. The Balaban J connectivity index is 1.50. The fourth-order valence-corrected chi connectivity index (χ4v) is 4.24. The third-order valence-electron chi connectivity index (χ3n) is 5.05. The molecule has 0 aliphatic heterocycles. The van der Waals surface area contributed by atoms with E-state index < -0.39 is 0 Å². The molecule has 0 saturated carbocycles. The molecule has 1 aromatic heterocycles. The fourth-order valence-electron chi connectivity index (χ4n) is 3.29. The topological polar surface area (TPSA) is 81.1 Å². The summed E-state index contributed by atoms with van der Waals surface area (Å²) < 4.78 is 7.25. The third kappa shape index (κ3) is 5.70. The number of aromatic nitrogens is 3. The summed E-state index contributed by atoms with van der Waals surface area (Å²) in [5.74, 6) is 1.34. The smallest absolute Gasteiger partial charge is 0.234 e. The molecule has 34 heavy (non-hydrogen) atoms. The number of para-hydroxylation sites is 3. The molecule has 2 N–H and O–H groups in total. The molecule has 174 valence electrons. The number of halogens is 1. The molecule has 0 saturated heterocycles. The predicted octanol–water partition coefficient (Wildman–Crippen LogP) is 5.58. The Morgan fingerprint density at radius 1 is 1.06 bits per heavy atom. The molecule has 9 heteroatoms. The van der Waals surface area contributed by atoms with Gasteiger partial charge in [-0.25, -0.2) is 0 Å². The Hall–Kier alpha value is -3.49. The van der Waals surface area contributed by atoms with Crippen molar-refractivity contribution in [3.05, 3.63) is 89.2 Å². The minimum atomic E-state index is -0.161. The molecule has 0 aliphatic carbocycles. The molecule has 4 aromatic rings. The number of anilines is 2. The highest BCUT2D eigenvalue weighted by atomic mass is 35.5. The molecule has 0 spiro atoms. The van der Waals surface area contributed by atoms with Crippen molar-refractivity contribution < 1.29 is 9.53 Å². The zero-order chi connectivity index (χ0) is 23.9. The van der Waals surface area contributed by atoms with E-state index in [2.05, 4.69) is 20.8 Å². The Morgan fingerprint density at radius 3 is 2.59 bits per heavy atom. The number of nitrogens with zero attached hydrogens (tertiary/aromatic N) is 3. The van der Waals surface area contributed by atoms with Crippen molar-refractivity contribution in [2.75, 3.05) is 23.5 Å². The van der Waals surface area contributed by atoms with E-state index in [4.69, 9.17) is 16.3 Å². The largest absolute Gasteiger partial charge is 0.495 e. The first kappa shape index (κ1) is 23.7. The van der Waals surface area contributed by atoms with Crippen LogP contribution < -0.4 is 15.4 Å². The first-order valence-corrected chi connectivity index (χ1v) is 12.0. The number of hydrogen-bond donors (Lipinski definition) is 2. The molecule has 0 aliphatic rings. The second-order valence-corrected chi connectivity index (χ2v) is 8.77. The van der Waals surface area contributed by atoms with Crippen LogP contribution in [0.5, 0.6) is 5.75 Å². The molecule has 0 unspecified atom stereocenters. The van der Waals surface area contributed by atoms with Crippen molar-refractivity contribution in [2.45, 2.75) is 18.6 Å². The van der Waals surface area contributed by atoms with Crippen LogP contribution in [0.2, 0.25) is 5.02 Å². The molecule has 0 fully saturated rings. The van der Waals surface area contributed by atoms with Crippen molar-refractivity contribution in [2.24, 2.45) is 0 Å². The zero-order valence-corrected chi connectivity index (χ0v) is 20.4. The van der Waals surface area contributed by atoms with Gasteiger partial charge in [0.1, 0.15) is 5.75 Å². The summed E-state index contributed by atoms with van der Waals surface area (Å²) in [5, 5.41) is 16.3. The van der Waals surface area contributed by atoms with Gasteiger partial charge in [-0.1, -0.05) is 59.8 Å². The number of carbonyl (C=O) groups excluding carboxylic acids is 1. The van der Waals surface area contributed by atoms with Crippen LogP contribution in [0.15, 0.2) is 78.0 Å². The molecule has 0 bridgehead atoms. The van der Waals surface area contributed by atoms with E-state index in [0.717, 1.165) is 22.8 Å². The molecule has 1 heterocycles. The lowest BCUT2D eigenvalue weighted by Gasteiger charge is -2.12. The lowest BCUT2D eigenvalue weighted by molar-refractivity contribution is -0.113. The van der Waals surface area contributed by atoms with Crippen LogP contribution >= 0.6 is 23.4 Å². The predicted molar refractivity (Wildman–Crippen MR) is 137 cm³/mol. The maximum atomic E-state index is 12.6. The van der Waals surface area contributed by atoms with Gasteiger partial charge in [0.2, 0.25) is 5.91 Å². The number of nitrogens with one attached hydrogen (secondary N) is 2. The highest BCUT2D eigenvalue weighted by Gasteiger charge is 2.16. The molecule has 0 radical (unpaired) electrons. The molecule has 3 aromatic carbocycles. The van der Waals surface area contributed by atoms with Gasteiger partial charge in [-0.2, -0.15) is 0 Å². The van der Waals surface area contributed by atoms with E-state index in [-0.39, 0.29) is 11.7 Å². The number of carbonyl (C=O) groups is 1. The van der Waals surface area contributed by atoms with E-state index in [1.807, 2.05) is 72.2 Å². The normalized spacial score (nSPS) is 10.7. The molecular weight excluding hydrogens is 470 g/mol. The van der Waals surface area contributed by atoms with E-state index in [1.54, 1.807) is 19.2 Å². The van der Waals surface area contributed by atoms with Crippen molar-refractivity contribution >= 4 is 40.6 Å². The van der Waals surface area contributed by atoms with Crippen LogP contribution in [0.25, 0.3) is 5.69 Å². The molecule has 7 nitrogen and oxygen atoms in total. The number of amides is 1. The number of methoxy groups -OCH3 is 1. The van der Waals surface area contributed by atoms with Crippen LogP contribution in [0.3, 0.4) is 0 Å². The van der Waals surface area contributed by atoms with Crippen LogP contribution in [0.1, 0.15) is 11.4 Å². The van der Waals surface area contributed by atoms with Crippen molar-refractivity contribution in [3.63, 3.8) is 0 Å². The second kappa shape index (κ2) is 11.1. The first-order valence-electron chi connectivity index (χ1n) is 10.6. The SMILES string of the molecule is COc1ccccc1NC(=O)CSc1nnc(CNc2ccc(C)c(Cl)c2)n1-c1ccccc1. The van der Waals surface area contributed by atoms with E-state index in [1.165, 1.54) is 11.8 Å². The summed E-state index contributed by atoms with van der Waals surface area (Å²) in [6, 6.07) is 22.9. The number of ether oxygens (including phenoxy) is 1. The summed E-state index contributed by atoms with van der Waals surface area (Å²) in [7, 11) is 1.57. The molecule has 0 atom stereocenters. The maximum Gasteiger partial charge on any atom is 0.234 e. The van der Waals surface area contributed by atoms with E-state index >= 15 is 0 Å². The third-order valence-corrected chi connectivity index (χ3v) is 6.39. The highest BCUT2D eigenvalue weighted by molar-refractivity contribution is 7.99. The van der Waals surface area contributed by atoms with Crippen LogP contribution in [0, 0.1) is 6.92 Å². The standard InChI is InChI=1S/C25H24ClN5O2S/c1-17-12-13-18(14-20(17)26)27-15-23-29-30-25(31(23)19-8-4-3-5-9-19)34-16-24(32)28-21-10-6-7-11-22(21)33-2/h3-14,27H,15-16H2,1-2H3,(H,28,32). The minimum Gasteiger partial charge on any atom is -0.495 e. The second-order valence-electron chi connectivity index (χ2n) is 7.42. The van der Waals surface area contributed by atoms with Gasteiger partial charge in [-0.3, -0.25) is 9.36 Å². The van der Waals surface area contributed by atoms with Gasteiger partial charge in [0, 0.05) is 16.4 Å². The average Bonchev–Trinajstić information content (AvgIpc) is 3.27. The van der Waals surface area contributed by atoms with Crippen LogP contribution in [-0.2, 0) is 11.3 Å². The summed E-state index contributed by atoms with van der Waals surface area (Å²) in [5.41, 5.74) is 3.45. The molecule has 4 rings (SSSR count). The maximum absolute atomic E-state index is 12.6. The van der Waals surface area contributed by atoms with Crippen molar-refractivity contribution in [1.82, 2.24) is 14.8 Å². The highest BCUT2D eigenvalue weighted by Crippen LogP contribution is 2.26. The van der Waals surface area contributed by atoms with Gasteiger partial charge >= 0.3 is 0 Å². The summed E-state index contributed by atoms with van der Waals surface area (Å²) >= 11 is 7.57. The quantitative estimate of drug-likeness (QED) is 0.296. The summed E-state index contributed by atoms with van der Waals surface area (Å²) in [6.07, 6.45) is 0. The van der Waals surface area contributed by atoms with Gasteiger partial charge in [0.05, 0.1) is 25.1 Å². The van der Waals surface area contributed by atoms with Gasteiger partial charge < -0.3 is 15.4 Å². The van der Waals surface area contributed by atoms with E-state index in [9.17, 15) is 4.79 Å². The fraction of sp³-hybridized carbons (Fsp3) is 0.160. The lowest BCUT2D eigenvalue weighted by atomic mass is 10.2. The Bertz CT molecular complexity index is 1280. The Labute approximate surface area is 207 Å². The lowest BCUT2D eigenvalue weighted by Crippen LogP contribution is -2.15. The first-order chi connectivity index (χ1) is 16.5. The summed E-state index contributed by atoms with van der Waals surface area (Å²) in [6.45, 7) is 2.40. The van der Waals surface area contributed by atoms with E-state index in [0.29, 0.717) is 28.2 Å². The number of benzene rings is 3. The van der Waals surface area contributed by atoms with Gasteiger partial charge in [-0.15, -0.1) is 10.2 Å². The number of thioether (sulfide) groups is 1. The monoisotopic (exact) mass is 493 g/mol. The number of aryl methyl sites for hydroxylation is 1. The minimum absolute atomic E-state index is 0.161. The Kier molecular flexibility index (Phi) is 7.72. The van der Waals surface area contributed by atoms with Crippen molar-refractivity contribution in [1.29, 1.82) is 0 Å². The Morgan fingerprint density at radius 2 is 1.82 bits per heavy atom. The number of rotatable bonds is 9. The van der Waals surface area contributed by atoms with Gasteiger partial charge in [0.15, 0.2) is 11.0 Å². The summed E-state index contributed by atoms with van der Waals surface area (Å²) in [4.78, 5) is 12.6. The number of hydrogen-bond acceptors (Lipinski definition) is 6. The van der Waals surface area contributed by atoms with Crippen LogP contribution in [-0.4, -0.2) is 33.5 Å². The van der Waals surface area contributed by atoms with Crippen LogP contribution in [0.4, 0.5) is 11.4 Å². The van der Waals surface area contributed by atoms with Gasteiger partial charge in [0.25, 0.3) is 0 Å². The molecular formula is C25H24ClN5O2S. The average molecular weight is 494 g/mol. The zero-order valence-electron chi connectivity index (χ0n) is 18.8.